The van der Waals surface area contributed by atoms with E-state index in [4.69, 9.17) is 14.7 Å². The Kier molecular flexibility index (Phi) is 4.62. The van der Waals surface area contributed by atoms with E-state index >= 15 is 0 Å². The number of esters is 1. The maximum atomic E-state index is 13.7. The highest BCUT2D eigenvalue weighted by molar-refractivity contribution is 7.22. The summed E-state index contributed by atoms with van der Waals surface area (Å²) in [5.41, 5.74) is 2.60. The van der Waals surface area contributed by atoms with Crippen molar-refractivity contribution in [3.05, 3.63) is 53.8 Å². The van der Waals surface area contributed by atoms with Gasteiger partial charge in [0.05, 0.1) is 28.6 Å². The Labute approximate surface area is 177 Å². The molecular weight excluding hydrogens is 401 g/mol. The number of fused-ring (bicyclic) bond motifs is 2. The molecule has 30 heavy (non-hydrogen) atoms. The van der Waals surface area contributed by atoms with E-state index in [9.17, 15) is 9.18 Å². The largest absolute Gasteiger partial charge is 0.465 e. The van der Waals surface area contributed by atoms with E-state index in [1.54, 1.807) is 41.7 Å². The lowest BCUT2D eigenvalue weighted by molar-refractivity contribution is 0.0601. The predicted molar refractivity (Wildman–Crippen MR) is 118 cm³/mol. The second-order valence-electron chi connectivity index (χ2n) is 7.57. The Bertz CT molecular complexity index is 1290. The molecule has 0 N–H and O–H groups in total. The minimum Gasteiger partial charge on any atom is -0.465 e. The van der Waals surface area contributed by atoms with Crippen LogP contribution in [0.2, 0.25) is 0 Å². The van der Waals surface area contributed by atoms with Gasteiger partial charge in [-0.05, 0) is 67.6 Å². The molecule has 7 heteroatoms. The molecule has 152 valence electrons. The number of hydrogen-bond acceptors (Lipinski definition) is 6. The van der Waals surface area contributed by atoms with Crippen LogP contribution in [0.4, 0.5) is 10.2 Å². The standard InChI is InChI=1S/C23H20FN3O2S/c1-13-4-3-9-27(13)22-21(20-12-15-10-16(24)6-8-19(15)30-20)25-17-7-5-14(23(28)29-2)11-18(17)26-22/h5-8,10-13H,3-4,9H2,1-2H3/t13-/m0/s1. The van der Waals surface area contributed by atoms with Gasteiger partial charge in [-0.3, -0.25) is 0 Å². The molecule has 2 aromatic heterocycles. The third-order valence-electron chi connectivity index (χ3n) is 5.60. The monoisotopic (exact) mass is 421 g/mol. The van der Waals surface area contributed by atoms with Gasteiger partial charge in [-0.25, -0.2) is 19.2 Å². The van der Waals surface area contributed by atoms with E-state index in [-0.39, 0.29) is 5.82 Å². The second-order valence-corrected chi connectivity index (χ2v) is 8.65. The zero-order valence-corrected chi connectivity index (χ0v) is 17.5. The molecule has 1 aliphatic rings. The smallest absolute Gasteiger partial charge is 0.337 e. The summed E-state index contributed by atoms with van der Waals surface area (Å²) in [6, 6.07) is 12.4. The van der Waals surface area contributed by atoms with Gasteiger partial charge in [0.1, 0.15) is 11.5 Å². The van der Waals surface area contributed by atoms with Crippen LogP contribution in [-0.4, -0.2) is 35.6 Å². The molecule has 1 atom stereocenters. The van der Waals surface area contributed by atoms with Crippen LogP contribution < -0.4 is 4.90 Å². The molecule has 0 radical (unpaired) electrons. The SMILES string of the molecule is COC(=O)c1ccc2nc(-c3cc4cc(F)ccc4s3)c(N3CCC[C@@H]3C)nc2c1. The first kappa shape index (κ1) is 18.9. The molecule has 0 spiro atoms. The average Bonchev–Trinajstić information content (AvgIpc) is 3.37. The lowest BCUT2D eigenvalue weighted by Gasteiger charge is -2.24. The third-order valence-corrected chi connectivity index (χ3v) is 6.73. The van der Waals surface area contributed by atoms with Crippen molar-refractivity contribution in [3.63, 3.8) is 0 Å². The number of halogens is 1. The number of hydrogen-bond donors (Lipinski definition) is 0. The summed E-state index contributed by atoms with van der Waals surface area (Å²) in [6.07, 6.45) is 2.19. The Balaban J connectivity index is 1.72. The van der Waals surface area contributed by atoms with Crippen LogP contribution in [0.25, 0.3) is 31.7 Å². The topological polar surface area (TPSA) is 55.3 Å². The van der Waals surface area contributed by atoms with Crippen LogP contribution in [-0.2, 0) is 4.74 Å². The highest BCUT2D eigenvalue weighted by atomic mass is 32.1. The molecule has 3 heterocycles. The molecule has 5 nitrogen and oxygen atoms in total. The normalized spacial score (nSPS) is 16.5. The fourth-order valence-corrected chi connectivity index (χ4v) is 5.06. The molecule has 4 aromatic rings. The van der Waals surface area contributed by atoms with Gasteiger partial charge in [0.2, 0.25) is 0 Å². The number of rotatable bonds is 3. The predicted octanol–water partition coefficient (Wildman–Crippen LogP) is 5.43. The summed E-state index contributed by atoms with van der Waals surface area (Å²) in [5, 5.41) is 0.860. The quantitative estimate of drug-likeness (QED) is 0.413. The van der Waals surface area contributed by atoms with Crippen LogP contribution in [0.15, 0.2) is 42.5 Å². The van der Waals surface area contributed by atoms with Gasteiger partial charge in [0, 0.05) is 17.3 Å². The molecule has 5 rings (SSSR count). The van der Waals surface area contributed by atoms with Crippen molar-refractivity contribution in [1.29, 1.82) is 0 Å². The van der Waals surface area contributed by atoms with Gasteiger partial charge in [-0.2, -0.15) is 0 Å². The molecule has 1 fully saturated rings. The Hall–Kier alpha value is -3.06. The first-order valence-corrected chi connectivity index (χ1v) is 10.7. The van der Waals surface area contributed by atoms with Crippen molar-refractivity contribution in [1.82, 2.24) is 9.97 Å². The molecule has 0 bridgehead atoms. The van der Waals surface area contributed by atoms with E-state index in [1.807, 2.05) is 6.07 Å². The minimum atomic E-state index is -0.398. The van der Waals surface area contributed by atoms with E-state index in [0.717, 1.165) is 45.9 Å². The number of aromatic nitrogens is 2. The van der Waals surface area contributed by atoms with E-state index in [1.165, 1.54) is 13.2 Å². The van der Waals surface area contributed by atoms with E-state index in [2.05, 4.69) is 11.8 Å². The molecule has 0 aliphatic carbocycles. The van der Waals surface area contributed by atoms with Crippen molar-refractivity contribution >= 4 is 44.2 Å². The third kappa shape index (κ3) is 3.19. The lowest BCUT2D eigenvalue weighted by Crippen LogP contribution is -2.28. The van der Waals surface area contributed by atoms with Crippen LogP contribution >= 0.6 is 11.3 Å². The number of anilines is 1. The maximum Gasteiger partial charge on any atom is 0.337 e. The number of nitrogens with zero attached hydrogens (tertiary/aromatic N) is 3. The number of thiophene rings is 1. The Morgan fingerprint density at radius 2 is 2.03 bits per heavy atom. The molecule has 1 aliphatic heterocycles. The molecule has 0 unspecified atom stereocenters. The number of carbonyl (C=O) groups excluding carboxylic acids is 1. The maximum absolute atomic E-state index is 13.7. The summed E-state index contributed by atoms with van der Waals surface area (Å²) in [4.78, 5) is 25.1. The van der Waals surface area contributed by atoms with Gasteiger partial charge in [-0.1, -0.05) is 0 Å². The zero-order valence-electron chi connectivity index (χ0n) is 16.7. The van der Waals surface area contributed by atoms with Crippen molar-refractivity contribution in [2.75, 3.05) is 18.6 Å². The highest BCUT2D eigenvalue weighted by Gasteiger charge is 2.26. The lowest BCUT2D eigenvalue weighted by atomic mass is 10.1. The summed E-state index contributed by atoms with van der Waals surface area (Å²) < 4.78 is 19.5. The van der Waals surface area contributed by atoms with Crippen molar-refractivity contribution in [2.45, 2.75) is 25.8 Å². The van der Waals surface area contributed by atoms with Gasteiger partial charge in [0.25, 0.3) is 0 Å². The van der Waals surface area contributed by atoms with Crippen LogP contribution in [0, 0.1) is 5.82 Å². The van der Waals surface area contributed by atoms with Crippen LogP contribution in [0.5, 0.6) is 0 Å². The van der Waals surface area contributed by atoms with Gasteiger partial charge >= 0.3 is 5.97 Å². The fourth-order valence-electron chi connectivity index (χ4n) is 4.03. The van der Waals surface area contributed by atoms with Crippen molar-refractivity contribution in [2.24, 2.45) is 0 Å². The molecule has 0 amide bonds. The van der Waals surface area contributed by atoms with Crippen LogP contribution in [0.1, 0.15) is 30.1 Å². The molecule has 0 saturated carbocycles. The number of methoxy groups -OCH3 is 1. The molecule has 1 saturated heterocycles. The first-order chi connectivity index (χ1) is 14.5. The average molecular weight is 421 g/mol. The van der Waals surface area contributed by atoms with E-state index < -0.39 is 5.97 Å². The van der Waals surface area contributed by atoms with Crippen molar-refractivity contribution in [3.8, 4) is 10.6 Å². The summed E-state index contributed by atoms with van der Waals surface area (Å²) in [5.74, 6) is 0.159. The number of carbonyl (C=O) groups is 1. The van der Waals surface area contributed by atoms with Crippen LogP contribution in [0.3, 0.4) is 0 Å². The fraction of sp³-hybridized carbons (Fsp3) is 0.261. The summed E-state index contributed by atoms with van der Waals surface area (Å²) in [7, 11) is 1.36. The number of ether oxygens (including phenoxy) is 1. The first-order valence-electron chi connectivity index (χ1n) is 9.90. The molecular formula is C23H20FN3O2S. The van der Waals surface area contributed by atoms with Gasteiger partial charge in [-0.15, -0.1) is 11.3 Å². The highest BCUT2D eigenvalue weighted by Crippen LogP contribution is 2.39. The van der Waals surface area contributed by atoms with Crippen molar-refractivity contribution < 1.29 is 13.9 Å². The van der Waals surface area contributed by atoms with Gasteiger partial charge < -0.3 is 9.64 Å². The second kappa shape index (κ2) is 7.32. The van der Waals surface area contributed by atoms with Gasteiger partial charge in [0.15, 0.2) is 5.82 Å². The summed E-state index contributed by atoms with van der Waals surface area (Å²) in [6.45, 7) is 3.10. The number of benzene rings is 2. The summed E-state index contributed by atoms with van der Waals surface area (Å²) >= 11 is 1.58. The Morgan fingerprint density at radius 3 is 2.80 bits per heavy atom. The molecule has 2 aromatic carbocycles. The minimum absolute atomic E-state index is 0.250. The Morgan fingerprint density at radius 1 is 1.17 bits per heavy atom. The zero-order chi connectivity index (χ0) is 20.8. The van der Waals surface area contributed by atoms with E-state index in [0.29, 0.717) is 22.6 Å².